The maximum absolute atomic E-state index is 12.7. The van der Waals surface area contributed by atoms with Crippen LogP contribution in [0.25, 0.3) is 0 Å². The van der Waals surface area contributed by atoms with Gasteiger partial charge in [-0.05, 0) is 55.5 Å². The standard InChI is InChI=1S/C20H27N5O4S/c1-4-29-17-11-7-15(8-12-17)24-30(27,28)19-13-18(22-23-19)20(26)21-14-5-9-16(10-6-14)25(2)3/h5-12,18-19,22-24H,4,13H2,1-3H3,(H,21,26). The molecule has 0 spiro atoms. The third-order valence-electron chi connectivity index (χ3n) is 4.64. The van der Waals surface area contributed by atoms with Gasteiger partial charge in [0.1, 0.15) is 17.2 Å². The van der Waals surface area contributed by atoms with Crippen molar-refractivity contribution < 1.29 is 17.9 Å². The van der Waals surface area contributed by atoms with E-state index in [2.05, 4.69) is 20.9 Å². The molecule has 4 N–H and O–H groups in total. The molecule has 1 amide bonds. The molecule has 0 saturated carbocycles. The van der Waals surface area contributed by atoms with E-state index in [1.807, 2.05) is 38.1 Å². The van der Waals surface area contributed by atoms with Crippen LogP contribution in [-0.2, 0) is 14.8 Å². The maximum atomic E-state index is 12.7. The summed E-state index contributed by atoms with van der Waals surface area (Å²) in [7, 11) is 0.126. The van der Waals surface area contributed by atoms with Gasteiger partial charge in [0, 0.05) is 37.6 Å². The summed E-state index contributed by atoms with van der Waals surface area (Å²) in [6, 6.07) is 13.4. The molecule has 0 radical (unpaired) electrons. The normalized spacial score (nSPS) is 18.6. The lowest BCUT2D eigenvalue weighted by Crippen LogP contribution is -2.42. The number of rotatable bonds is 8. The number of carbonyl (C=O) groups is 1. The summed E-state index contributed by atoms with van der Waals surface area (Å²) in [6.07, 6.45) is 0.0912. The molecular formula is C20H27N5O4S. The molecule has 0 bridgehead atoms. The number of hydrogen-bond donors (Lipinski definition) is 4. The van der Waals surface area contributed by atoms with Crippen LogP contribution >= 0.6 is 0 Å². The monoisotopic (exact) mass is 433 g/mol. The van der Waals surface area contributed by atoms with Gasteiger partial charge in [-0.25, -0.2) is 19.3 Å². The number of hydrazine groups is 1. The Morgan fingerprint density at radius 1 is 1.07 bits per heavy atom. The number of amides is 1. The topological polar surface area (TPSA) is 112 Å². The zero-order valence-electron chi connectivity index (χ0n) is 17.2. The van der Waals surface area contributed by atoms with Gasteiger partial charge < -0.3 is 15.0 Å². The average Bonchev–Trinajstić information content (AvgIpc) is 3.21. The summed E-state index contributed by atoms with van der Waals surface area (Å²) in [5.74, 6) is 0.357. The van der Waals surface area contributed by atoms with Gasteiger partial charge in [-0.3, -0.25) is 9.52 Å². The van der Waals surface area contributed by atoms with E-state index in [-0.39, 0.29) is 12.3 Å². The fourth-order valence-corrected chi connectivity index (χ4v) is 4.27. The van der Waals surface area contributed by atoms with Gasteiger partial charge in [0.2, 0.25) is 15.9 Å². The minimum absolute atomic E-state index is 0.0912. The number of carbonyl (C=O) groups excluding carboxylic acids is 1. The van der Waals surface area contributed by atoms with Crippen molar-refractivity contribution in [1.82, 2.24) is 10.9 Å². The van der Waals surface area contributed by atoms with Crippen LogP contribution in [0.2, 0.25) is 0 Å². The zero-order valence-corrected chi connectivity index (χ0v) is 18.0. The lowest BCUT2D eigenvalue weighted by molar-refractivity contribution is -0.117. The number of sulfonamides is 1. The SMILES string of the molecule is CCOc1ccc(NS(=O)(=O)C2CC(C(=O)Nc3ccc(N(C)C)cc3)NN2)cc1. The summed E-state index contributed by atoms with van der Waals surface area (Å²) >= 11 is 0. The summed E-state index contributed by atoms with van der Waals surface area (Å²) in [4.78, 5) is 14.5. The van der Waals surface area contributed by atoms with E-state index < -0.39 is 21.4 Å². The number of benzene rings is 2. The highest BCUT2D eigenvalue weighted by atomic mass is 32.2. The highest BCUT2D eigenvalue weighted by molar-refractivity contribution is 7.93. The second kappa shape index (κ2) is 9.33. The van der Waals surface area contributed by atoms with E-state index in [1.54, 1.807) is 36.4 Å². The first kappa shape index (κ1) is 21.9. The summed E-state index contributed by atoms with van der Waals surface area (Å²) < 4.78 is 33.2. The number of hydrogen-bond acceptors (Lipinski definition) is 7. The molecule has 2 unspecified atom stereocenters. The molecule has 1 saturated heterocycles. The predicted octanol–water partition coefficient (Wildman–Crippen LogP) is 1.72. The van der Waals surface area contributed by atoms with E-state index in [0.29, 0.717) is 23.7 Å². The predicted molar refractivity (Wildman–Crippen MR) is 118 cm³/mol. The summed E-state index contributed by atoms with van der Waals surface area (Å²) in [5.41, 5.74) is 7.55. The van der Waals surface area contributed by atoms with Crippen LogP contribution in [0.1, 0.15) is 13.3 Å². The second-order valence-electron chi connectivity index (χ2n) is 7.10. The Bertz CT molecular complexity index is 962. The quantitative estimate of drug-likeness (QED) is 0.502. The molecule has 1 aliphatic rings. The van der Waals surface area contributed by atoms with E-state index >= 15 is 0 Å². The fourth-order valence-electron chi connectivity index (χ4n) is 3.00. The van der Waals surface area contributed by atoms with Crippen molar-refractivity contribution in [3.05, 3.63) is 48.5 Å². The van der Waals surface area contributed by atoms with Crippen molar-refractivity contribution in [2.45, 2.75) is 24.8 Å². The Kier molecular flexibility index (Phi) is 6.80. The van der Waals surface area contributed by atoms with Crippen molar-refractivity contribution in [3.8, 4) is 5.75 Å². The van der Waals surface area contributed by atoms with Crippen LogP contribution in [0.15, 0.2) is 48.5 Å². The Morgan fingerprint density at radius 2 is 1.70 bits per heavy atom. The lowest BCUT2D eigenvalue weighted by atomic mass is 10.2. The number of nitrogens with one attached hydrogen (secondary N) is 4. The number of anilines is 3. The van der Waals surface area contributed by atoms with Gasteiger partial charge in [0.15, 0.2) is 0 Å². The molecule has 0 aliphatic carbocycles. The molecule has 9 nitrogen and oxygen atoms in total. The molecule has 10 heteroatoms. The Morgan fingerprint density at radius 3 is 2.30 bits per heavy atom. The molecule has 1 heterocycles. The first-order chi connectivity index (χ1) is 14.3. The maximum Gasteiger partial charge on any atom is 0.250 e. The molecule has 162 valence electrons. The molecule has 3 rings (SSSR count). The Balaban J connectivity index is 1.57. The summed E-state index contributed by atoms with van der Waals surface area (Å²) in [6.45, 7) is 2.41. The number of nitrogens with zero attached hydrogens (tertiary/aromatic N) is 1. The minimum atomic E-state index is -3.74. The number of ether oxygens (including phenoxy) is 1. The molecule has 1 fully saturated rings. The minimum Gasteiger partial charge on any atom is -0.494 e. The third-order valence-corrected chi connectivity index (χ3v) is 6.22. The Labute approximate surface area is 176 Å². The molecule has 2 aromatic rings. The van der Waals surface area contributed by atoms with Gasteiger partial charge in [0.25, 0.3) is 0 Å². The van der Waals surface area contributed by atoms with Crippen LogP contribution in [0.3, 0.4) is 0 Å². The molecule has 0 aromatic heterocycles. The Hall–Kier alpha value is -2.82. The van der Waals surface area contributed by atoms with E-state index in [1.165, 1.54) is 0 Å². The first-order valence-corrected chi connectivity index (χ1v) is 11.2. The van der Waals surface area contributed by atoms with Crippen LogP contribution in [0.4, 0.5) is 17.1 Å². The van der Waals surface area contributed by atoms with Gasteiger partial charge in [-0.1, -0.05) is 0 Å². The fraction of sp³-hybridized carbons (Fsp3) is 0.350. The highest BCUT2D eigenvalue weighted by Gasteiger charge is 2.37. The largest absolute Gasteiger partial charge is 0.494 e. The molecular weight excluding hydrogens is 406 g/mol. The van der Waals surface area contributed by atoms with Crippen LogP contribution in [0.5, 0.6) is 5.75 Å². The van der Waals surface area contributed by atoms with Gasteiger partial charge in [-0.15, -0.1) is 0 Å². The van der Waals surface area contributed by atoms with Crippen LogP contribution in [0, 0.1) is 0 Å². The van der Waals surface area contributed by atoms with Gasteiger partial charge in [-0.2, -0.15) is 0 Å². The van der Waals surface area contributed by atoms with E-state index in [4.69, 9.17) is 4.74 Å². The van der Waals surface area contributed by atoms with Crippen LogP contribution in [-0.4, -0.2) is 46.4 Å². The third kappa shape index (κ3) is 5.41. The molecule has 1 aliphatic heterocycles. The molecule has 2 aromatic carbocycles. The van der Waals surface area contributed by atoms with Gasteiger partial charge >= 0.3 is 0 Å². The zero-order chi connectivity index (χ0) is 21.7. The first-order valence-electron chi connectivity index (χ1n) is 9.62. The van der Waals surface area contributed by atoms with Crippen molar-refractivity contribution in [2.75, 3.05) is 35.6 Å². The van der Waals surface area contributed by atoms with Crippen molar-refractivity contribution in [3.63, 3.8) is 0 Å². The lowest BCUT2D eigenvalue weighted by Gasteiger charge is -2.14. The smallest absolute Gasteiger partial charge is 0.250 e. The molecule has 30 heavy (non-hydrogen) atoms. The van der Waals surface area contributed by atoms with E-state index in [0.717, 1.165) is 5.69 Å². The highest BCUT2D eigenvalue weighted by Crippen LogP contribution is 2.21. The van der Waals surface area contributed by atoms with Crippen molar-refractivity contribution in [2.24, 2.45) is 0 Å². The average molecular weight is 434 g/mol. The molecule has 2 atom stereocenters. The van der Waals surface area contributed by atoms with E-state index in [9.17, 15) is 13.2 Å². The summed E-state index contributed by atoms with van der Waals surface area (Å²) in [5, 5.41) is 1.85. The van der Waals surface area contributed by atoms with Crippen molar-refractivity contribution in [1.29, 1.82) is 0 Å². The second-order valence-corrected chi connectivity index (χ2v) is 8.96. The van der Waals surface area contributed by atoms with Crippen LogP contribution < -0.4 is 30.5 Å². The van der Waals surface area contributed by atoms with Gasteiger partial charge in [0.05, 0.1) is 6.61 Å². The van der Waals surface area contributed by atoms with Crippen molar-refractivity contribution >= 4 is 33.0 Å².